The molecule has 37 heavy (non-hydrogen) atoms. The number of carbonyl (C=O) groups excluding carboxylic acids is 3. The number of benzene rings is 1. The lowest BCUT2D eigenvalue weighted by atomic mass is 10.0. The zero-order valence-corrected chi connectivity index (χ0v) is 20.9. The number of phenolic OH excluding ortho intramolecular Hbond substituents is 1. The lowest BCUT2D eigenvalue weighted by Crippen LogP contribution is -2.58. The summed E-state index contributed by atoms with van der Waals surface area (Å²) in [4.78, 5) is 59.1. The lowest BCUT2D eigenvalue weighted by molar-refractivity contribution is -0.143. The summed E-state index contributed by atoms with van der Waals surface area (Å²) in [6, 6.07) is 2.51. The molecule has 1 aliphatic heterocycles. The van der Waals surface area contributed by atoms with E-state index in [9.17, 15) is 29.4 Å². The zero-order valence-electron chi connectivity index (χ0n) is 20.9. The Morgan fingerprint density at radius 2 is 1.86 bits per heavy atom. The molecule has 1 aliphatic rings. The van der Waals surface area contributed by atoms with Gasteiger partial charge in [-0.25, -0.2) is 9.78 Å². The van der Waals surface area contributed by atoms with E-state index in [0.29, 0.717) is 25.1 Å². The molecule has 1 saturated heterocycles. The first-order valence-corrected chi connectivity index (χ1v) is 12.2. The van der Waals surface area contributed by atoms with Crippen LogP contribution in [0.25, 0.3) is 0 Å². The van der Waals surface area contributed by atoms with Gasteiger partial charge in [-0.05, 0) is 42.9 Å². The molecule has 0 radical (unpaired) electrons. The summed E-state index contributed by atoms with van der Waals surface area (Å²) in [6.07, 6.45) is 4.17. The molecule has 3 rings (SSSR count). The maximum Gasteiger partial charge on any atom is 0.326 e. The van der Waals surface area contributed by atoms with Crippen molar-refractivity contribution in [1.29, 1.82) is 0 Å². The number of carbonyl (C=O) groups is 4. The molecule has 1 aromatic heterocycles. The second kappa shape index (κ2) is 12.3. The van der Waals surface area contributed by atoms with Gasteiger partial charge in [-0.1, -0.05) is 26.0 Å². The number of carboxylic acid groups (broad SMARTS) is 1. The van der Waals surface area contributed by atoms with E-state index in [1.54, 1.807) is 26.0 Å². The molecule has 1 fully saturated rings. The fourth-order valence-electron chi connectivity index (χ4n) is 4.35. The number of rotatable bonds is 11. The van der Waals surface area contributed by atoms with Crippen LogP contribution in [0.1, 0.15) is 37.9 Å². The van der Waals surface area contributed by atoms with E-state index in [0.717, 1.165) is 5.56 Å². The van der Waals surface area contributed by atoms with Crippen molar-refractivity contribution in [2.75, 3.05) is 6.54 Å². The summed E-state index contributed by atoms with van der Waals surface area (Å²) in [5, 5.41) is 24.2. The molecule has 0 saturated carbocycles. The van der Waals surface area contributed by atoms with Crippen LogP contribution >= 0.6 is 0 Å². The monoisotopic (exact) mass is 514 g/mol. The highest BCUT2D eigenvalue weighted by Crippen LogP contribution is 2.20. The standard InChI is InChI=1S/C25H34N6O6/c1-14(2)21(23(34)29-19(25(36)37)11-16-12-27-13-28-16)30-22(33)20-4-3-9-31(20)24(35)18(26)10-15-5-7-17(32)8-6-15/h5-8,12-14,18-21,32H,3-4,9-11,26H2,1-2H3,(H,27,28)(H,29,34)(H,30,33)(H,36,37). The Morgan fingerprint density at radius 3 is 2.46 bits per heavy atom. The van der Waals surface area contributed by atoms with Crippen LogP contribution < -0.4 is 16.4 Å². The number of hydrogen-bond acceptors (Lipinski definition) is 7. The molecular formula is C25H34N6O6. The van der Waals surface area contributed by atoms with Gasteiger partial charge in [0.2, 0.25) is 17.7 Å². The van der Waals surface area contributed by atoms with E-state index in [2.05, 4.69) is 20.6 Å². The van der Waals surface area contributed by atoms with Gasteiger partial charge in [0.1, 0.15) is 23.9 Å². The maximum absolute atomic E-state index is 13.2. The molecule has 12 heteroatoms. The van der Waals surface area contributed by atoms with E-state index in [1.165, 1.54) is 29.6 Å². The smallest absolute Gasteiger partial charge is 0.326 e. The number of nitrogens with one attached hydrogen (secondary N) is 3. The van der Waals surface area contributed by atoms with E-state index in [1.807, 2.05) is 0 Å². The molecule has 0 aliphatic carbocycles. The van der Waals surface area contributed by atoms with E-state index >= 15 is 0 Å². The summed E-state index contributed by atoms with van der Waals surface area (Å²) in [5.74, 6) is -2.94. The molecule has 0 bridgehead atoms. The first-order chi connectivity index (χ1) is 17.6. The van der Waals surface area contributed by atoms with Crippen molar-refractivity contribution in [3.8, 4) is 5.75 Å². The molecule has 12 nitrogen and oxygen atoms in total. The molecule has 200 valence electrons. The normalized spacial score (nSPS) is 17.7. The molecule has 0 spiro atoms. The van der Waals surface area contributed by atoms with Crippen molar-refractivity contribution in [2.24, 2.45) is 11.7 Å². The number of imidazole rings is 1. The first kappa shape index (κ1) is 27.7. The summed E-state index contributed by atoms with van der Waals surface area (Å²) >= 11 is 0. The number of likely N-dealkylation sites (tertiary alicyclic amines) is 1. The minimum absolute atomic E-state index is 0.00363. The van der Waals surface area contributed by atoms with Crippen LogP contribution in [-0.4, -0.2) is 79.5 Å². The van der Waals surface area contributed by atoms with E-state index in [-0.39, 0.29) is 30.4 Å². The number of H-pyrrole nitrogens is 1. The van der Waals surface area contributed by atoms with Crippen LogP contribution in [0.5, 0.6) is 5.75 Å². The first-order valence-electron chi connectivity index (χ1n) is 12.2. The van der Waals surface area contributed by atoms with Crippen LogP contribution in [0, 0.1) is 5.92 Å². The third kappa shape index (κ3) is 7.29. The van der Waals surface area contributed by atoms with Crippen molar-refractivity contribution < 1.29 is 29.4 Å². The molecule has 2 aromatic rings. The van der Waals surface area contributed by atoms with Crippen molar-refractivity contribution in [1.82, 2.24) is 25.5 Å². The topological polar surface area (TPSA) is 191 Å². The number of phenols is 1. The molecule has 4 unspecified atom stereocenters. The van der Waals surface area contributed by atoms with Gasteiger partial charge in [0.05, 0.1) is 12.4 Å². The third-order valence-electron chi connectivity index (χ3n) is 6.39. The number of hydrogen-bond donors (Lipinski definition) is 6. The van der Waals surface area contributed by atoms with Gasteiger partial charge < -0.3 is 36.5 Å². The van der Waals surface area contributed by atoms with Gasteiger partial charge in [-0.15, -0.1) is 0 Å². The van der Waals surface area contributed by atoms with Crippen LogP contribution in [0.4, 0.5) is 0 Å². The fraction of sp³-hybridized carbons (Fsp3) is 0.480. The highest BCUT2D eigenvalue weighted by molar-refractivity contribution is 5.94. The van der Waals surface area contributed by atoms with Crippen LogP contribution in [-0.2, 0) is 32.0 Å². The Hall–Kier alpha value is -3.93. The van der Waals surface area contributed by atoms with Crippen LogP contribution in [0.2, 0.25) is 0 Å². The predicted octanol–water partition coefficient (Wildman–Crippen LogP) is -0.0710. The second-order valence-electron chi connectivity index (χ2n) is 9.58. The van der Waals surface area contributed by atoms with Gasteiger partial charge in [-0.2, -0.15) is 0 Å². The van der Waals surface area contributed by atoms with Gasteiger partial charge in [0.15, 0.2) is 0 Å². The summed E-state index contributed by atoms with van der Waals surface area (Å²) in [6.45, 7) is 3.84. The Bertz CT molecular complexity index is 1090. The molecular weight excluding hydrogens is 480 g/mol. The largest absolute Gasteiger partial charge is 0.508 e. The average Bonchev–Trinajstić information content (AvgIpc) is 3.55. The van der Waals surface area contributed by atoms with Crippen molar-refractivity contribution in [3.63, 3.8) is 0 Å². The molecule has 1 aromatic carbocycles. The molecule has 2 heterocycles. The maximum atomic E-state index is 13.2. The van der Waals surface area contributed by atoms with Crippen LogP contribution in [0.3, 0.4) is 0 Å². The number of aromatic amines is 1. The Labute approximate surface area is 214 Å². The number of nitrogens with zero attached hydrogens (tertiary/aromatic N) is 2. The quantitative estimate of drug-likeness (QED) is 0.240. The number of amides is 3. The predicted molar refractivity (Wildman–Crippen MR) is 133 cm³/mol. The SMILES string of the molecule is CC(C)C(NC(=O)C1CCCN1C(=O)C(N)Cc1ccc(O)cc1)C(=O)NC(Cc1cnc[nH]1)C(=O)O. The summed E-state index contributed by atoms with van der Waals surface area (Å²) in [7, 11) is 0. The van der Waals surface area contributed by atoms with Gasteiger partial charge >= 0.3 is 5.97 Å². The Kier molecular flexibility index (Phi) is 9.23. The fourth-order valence-corrected chi connectivity index (χ4v) is 4.35. The Balaban J connectivity index is 1.64. The number of carboxylic acids is 1. The summed E-state index contributed by atoms with van der Waals surface area (Å²) < 4.78 is 0. The van der Waals surface area contributed by atoms with E-state index < -0.39 is 42.0 Å². The Morgan fingerprint density at radius 1 is 1.16 bits per heavy atom. The highest BCUT2D eigenvalue weighted by Gasteiger charge is 2.38. The van der Waals surface area contributed by atoms with Crippen LogP contribution in [0.15, 0.2) is 36.8 Å². The number of aliphatic carboxylic acids is 1. The van der Waals surface area contributed by atoms with Crippen molar-refractivity contribution in [3.05, 3.63) is 48.0 Å². The molecule has 7 N–H and O–H groups in total. The number of aromatic nitrogens is 2. The van der Waals surface area contributed by atoms with Gasteiger partial charge in [0.25, 0.3) is 0 Å². The minimum atomic E-state index is -1.22. The van der Waals surface area contributed by atoms with Crippen molar-refractivity contribution >= 4 is 23.7 Å². The van der Waals surface area contributed by atoms with E-state index in [4.69, 9.17) is 5.73 Å². The molecule has 3 amide bonds. The summed E-state index contributed by atoms with van der Waals surface area (Å²) in [5.41, 5.74) is 7.47. The number of nitrogens with two attached hydrogens (primary N) is 1. The zero-order chi connectivity index (χ0) is 27.1. The van der Waals surface area contributed by atoms with Crippen molar-refractivity contribution in [2.45, 2.75) is 63.7 Å². The minimum Gasteiger partial charge on any atom is -0.508 e. The lowest BCUT2D eigenvalue weighted by Gasteiger charge is -2.29. The van der Waals surface area contributed by atoms with Gasteiger partial charge in [0, 0.05) is 24.9 Å². The third-order valence-corrected chi connectivity index (χ3v) is 6.39. The van der Waals surface area contributed by atoms with Gasteiger partial charge in [-0.3, -0.25) is 14.4 Å². The highest BCUT2D eigenvalue weighted by atomic mass is 16.4. The number of aromatic hydroxyl groups is 1. The molecule has 4 atom stereocenters. The second-order valence-corrected chi connectivity index (χ2v) is 9.58. The average molecular weight is 515 g/mol.